The molecule has 0 atom stereocenters. The molecule has 0 aliphatic rings. The van der Waals surface area contributed by atoms with Gasteiger partial charge < -0.3 is 15.5 Å². The van der Waals surface area contributed by atoms with Gasteiger partial charge in [0, 0.05) is 25.8 Å². The number of hydrogen-bond donors (Lipinski definition) is 2. The second-order valence-electron chi connectivity index (χ2n) is 5.36. The van der Waals surface area contributed by atoms with E-state index in [0.717, 1.165) is 57.2 Å². The Morgan fingerprint density at radius 2 is 2.04 bits per heavy atom. The molecule has 0 unspecified atom stereocenters. The molecule has 0 saturated carbocycles. The van der Waals surface area contributed by atoms with Crippen molar-refractivity contribution in [3.05, 3.63) is 29.0 Å². The van der Waals surface area contributed by atoms with Crippen LogP contribution in [0.2, 0.25) is 5.15 Å². The van der Waals surface area contributed by atoms with Crippen LogP contribution in [0.25, 0.3) is 0 Å². The number of rotatable bonds is 10. The topological polar surface area (TPSA) is 52.5 Å². The Bertz CT molecular complexity index is 447. The Labute approximate surface area is 145 Å². The minimum atomic E-state index is 0.532. The first-order valence-corrected chi connectivity index (χ1v) is 8.92. The fraction of sp³-hybridized carbons (Fsp3) is 0.647. The van der Waals surface area contributed by atoms with Crippen molar-refractivity contribution in [2.45, 2.75) is 33.6 Å². The van der Waals surface area contributed by atoms with Crippen LogP contribution >= 0.6 is 11.6 Å². The first-order valence-electron chi connectivity index (χ1n) is 8.54. The van der Waals surface area contributed by atoms with Crippen LogP contribution in [0.15, 0.2) is 23.3 Å². The Morgan fingerprint density at radius 1 is 1.22 bits per heavy atom. The molecule has 5 nitrogen and oxygen atoms in total. The first kappa shape index (κ1) is 19.7. The highest BCUT2D eigenvalue weighted by Gasteiger charge is 2.01. The van der Waals surface area contributed by atoms with Gasteiger partial charge in [0.15, 0.2) is 5.96 Å². The van der Waals surface area contributed by atoms with Crippen molar-refractivity contribution in [3.8, 4) is 0 Å². The zero-order valence-electron chi connectivity index (χ0n) is 14.6. The van der Waals surface area contributed by atoms with Crippen molar-refractivity contribution < 1.29 is 0 Å². The van der Waals surface area contributed by atoms with Gasteiger partial charge in [0.1, 0.15) is 5.15 Å². The van der Waals surface area contributed by atoms with E-state index >= 15 is 0 Å². The smallest absolute Gasteiger partial charge is 0.191 e. The third-order valence-corrected chi connectivity index (χ3v) is 3.74. The van der Waals surface area contributed by atoms with Gasteiger partial charge in [0.25, 0.3) is 0 Å². The maximum Gasteiger partial charge on any atom is 0.191 e. The molecule has 0 saturated heterocycles. The van der Waals surface area contributed by atoms with Crippen LogP contribution in [0, 0.1) is 0 Å². The number of pyridine rings is 1. The van der Waals surface area contributed by atoms with E-state index in [-0.39, 0.29) is 0 Å². The lowest BCUT2D eigenvalue weighted by molar-refractivity contribution is 0.297. The van der Waals surface area contributed by atoms with E-state index in [1.54, 1.807) is 0 Å². The molecule has 0 aromatic carbocycles. The summed E-state index contributed by atoms with van der Waals surface area (Å²) >= 11 is 5.79. The predicted octanol–water partition coefficient (Wildman–Crippen LogP) is 2.56. The maximum atomic E-state index is 5.79. The lowest BCUT2D eigenvalue weighted by Gasteiger charge is -2.18. The highest BCUT2D eigenvalue weighted by Crippen LogP contribution is 2.05. The second-order valence-corrected chi connectivity index (χ2v) is 5.75. The molecule has 1 rings (SSSR count). The number of aromatic nitrogens is 1. The summed E-state index contributed by atoms with van der Waals surface area (Å²) in [7, 11) is 0. The quantitative estimate of drug-likeness (QED) is 0.391. The van der Waals surface area contributed by atoms with Gasteiger partial charge in [-0.15, -0.1) is 0 Å². The summed E-state index contributed by atoms with van der Waals surface area (Å²) in [6.07, 6.45) is 3.90. The molecule has 0 amide bonds. The minimum Gasteiger partial charge on any atom is -0.357 e. The number of guanidine groups is 1. The molecular weight excluding hydrogens is 310 g/mol. The predicted molar refractivity (Wildman–Crippen MR) is 99.3 cm³/mol. The van der Waals surface area contributed by atoms with Crippen LogP contribution in [0.1, 0.15) is 32.8 Å². The summed E-state index contributed by atoms with van der Waals surface area (Å²) in [5.74, 6) is 0.877. The fourth-order valence-electron chi connectivity index (χ4n) is 2.27. The molecule has 23 heavy (non-hydrogen) atoms. The van der Waals surface area contributed by atoms with E-state index in [0.29, 0.717) is 5.15 Å². The van der Waals surface area contributed by atoms with E-state index < -0.39 is 0 Å². The lowest BCUT2D eigenvalue weighted by Crippen LogP contribution is -2.39. The van der Waals surface area contributed by atoms with Crippen LogP contribution in [0.4, 0.5) is 0 Å². The number of hydrogen-bond acceptors (Lipinski definition) is 3. The molecule has 1 heterocycles. The number of nitrogens with zero attached hydrogens (tertiary/aromatic N) is 3. The van der Waals surface area contributed by atoms with Gasteiger partial charge in [-0.2, -0.15) is 0 Å². The molecule has 0 spiro atoms. The molecular formula is C17H30ClN5. The maximum absolute atomic E-state index is 5.79. The summed E-state index contributed by atoms with van der Waals surface area (Å²) < 4.78 is 0. The van der Waals surface area contributed by atoms with E-state index in [9.17, 15) is 0 Å². The Morgan fingerprint density at radius 3 is 2.65 bits per heavy atom. The van der Waals surface area contributed by atoms with Crippen LogP contribution in [0.3, 0.4) is 0 Å². The number of likely N-dealkylation sites (N-methyl/N-ethyl adjacent to an activating group) is 1. The van der Waals surface area contributed by atoms with Gasteiger partial charge >= 0.3 is 0 Å². The standard InChI is InChI=1S/C17H30ClN5/c1-4-12-23(6-3)13-11-21-17(19-5-2)20-10-9-15-7-8-16(18)22-14-15/h7-8,14H,4-6,9-13H2,1-3H3,(H2,19,20,21). The molecule has 0 bridgehead atoms. The zero-order chi connectivity index (χ0) is 16.9. The van der Waals surface area contributed by atoms with Crippen molar-refractivity contribution in [3.63, 3.8) is 0 Å². The third kappa shape index (κ3) is 8.77. The first-order chi connectivity index (χ1) is 11.2. The van der Waals surface area contributed by atoms with Crippen molar-refractivity contribution >= 4 is 17.6 Å². The number of nitrogens with one attached hydrogen (secondary N) is 2. The highest BCUT2D eigenvalue weighted by atomic mass is 35.5. The van der Waals surface area contributed by atoms with E-state index in [4.69, 9.17) is 11.6 Å². The molecule has 130 valence electrons. The van der Waals surface area contributed by atoms with Crippen molar-refractivity contribution in [1.82, 2.24) is 20.5 Å². The summed E-state index contributed by atoms with van der Waals surface area (Å²) in [6.45, 7) is 12.2. The molecule has 0 aliphatic heterocycles. The molecule has 1 aromatic rings. The minimum absolute atomic E-state index is 0.532. The molecule has 0 aliphatic carbocycles. The summed E-state index contributed by atoms with van der Waals surface area (Å²) in [5, 5.41) is 7.18. The third-order valence-electron chi connectivity index (χ3n) is 3.51. The van der Waals surface area contributed by atoms with Crippen molar-refractivity contribution in [2.24, 2.45) is 4.99 Å². The molecule has 1 aromatic heterocycles. The average Bonchev–Trinajstić information content (AvgIpc) is 2.55. The molecule has 0 radical (unpaired) electrons. The molecule has 2 N–H and O–H groups in total. The summed E-state index contributed by atoms with van der Waals surface area (Å²) in [5.41, 5.74) is 1.16. The van der Waals surface area contributed by atoms with Crippen LogP contribution in [0.5, 0.6) is 0 Å². The Hall–Kier alpha value is -1.33. The van der Waals surface area contributed by atoms with E-state index in [2.05, 4.69) is 46.3 Å². The van der Waals surface area contributed by atoms with Gasteiger partial charge in [-0.25, -0.2) is 4.98 Å². The second kappa shape index (κ2) is 12.1. The van der Waals surface area contributed by atoms with Crippen LogP contribution in [-0.2, 0) is 6.42 Å². The number of aliphatic imine (C=N–C) groups is 1. The summed E-state index contributed by atoms with van der Waals surface area (Å²) in [6, 6.07) is 3.83. The Kier molecular flexibility index (Phi) is 10.4. The lowest BCUT2D eigenvalue weighted by atomic mass is 10.2. The van der Waals surface area contributed by atoms with Gasteiger partial charge in [-0.3, -0.25) is 4.99 Å². The SMILES string of the molecule is CCCN(CC)CCN=C(NCC)NCCc1ccc(Cl)nc1. The van der Waals surface area contributed by atoms with Crippen LogP contribution < -0.4 is 10.6 Å². The normalized spacial score (nSPS) is 11.8. The summed E-state index contributed by atoms with van der Waals surface area (Å²) in [4.78, 5) is 11.2. The monoisotopic (exact) mass is 339 g/mol. The number of halogens is 1. The van der Waals surface area contributed by atoms with Gasteiger partial charge in [-0.1, -0.05) is 31.5 Å². The largest absolute Gasteiger partial charge is 0.357 e. The average molecular weight is 340 g/mol. The Balaban J connectivity index is 2.38. The van der Waals surface area contributed by atoms with Crippen molar-refractivity contribution in [2.75, 3.05) is 39.3 Å². The van der Waals surface area contributed by atoms with E-state index in [1.165, 1.54) is 6.42 Å². The van der Waals surface area contributed by atoms with Gasteiger partial charge in [0.05, 0.1) is 6.54 Å². The van der Waals surface area contributed by atoms with E-state index in [1.807, 2.05) is 18.3 Å². The zero-order valence-corrected chi connectivity index (χ0v) is 15.4. The van der Waals surface area contributed by atoms with Crippen molar-refractivity contribution in [1.29, 1.82) is 0 Å². The highest BCUT2D eigenvalue weighted by molar-refractivity contribution is 6.29. The van der Waals surface area contributed by atoms with Gasteiger partial charge in [0.2, 0.25) is 0 Å². The molecule has 6 heteroatoms. The van der Waals surface area contributed by atoms with Gasteiger partial charge in [-0.05, 0) is 44.5 Å². The van der Waals surface area contributed by atoms with Crippen LogP contribution in [-0.4, -0.2) is 55.1 Å². The fourth-order valence-corrected chi connectivity index (χ4v) is 2.38. The molecule has 0 fully saturated rings.